The van der Waals surface area contributed by atoms with Gasteiger partial charge in [-0.2, -0.15) is 0 Å². The Morgan fingerprint density at radius 1 is 1.47 bits per heavy atom. The van der Waals surface area contributed by atoms with Crippen molar-refractivity contribution < 1.29 is 19.1 Å². The van der Waals surface area contributed by atoms with Crippen molar-refractivity contribution in [3.8, 4) is 5.75 Å². The van der Waals surface area contributed by atoms with Gasteiger partial charge in [-0.3, -0.25) is 9.59 Å². The lowest BCUT2D eigenvalue weighted by atomic mass is 10.1. The molecule has 0 aliphatic heterocycles. The fourth-order valence-corrected chi connectivity index (χ4v) is 1.36. The highest BCUT2D eigenvalue weighted by atomic mass is 19.1. The third-order valence-electron chi connectivity index (χ3n) is 2.20. The van der Waals surface area contributed by atoms with E-state index in [9.17, 15) is 14.0 Å². The number of rotatable bonds is 4. The second-order valence-corrected chi connectivity index (χ2v) is 3.45. The third-order valence-corrected chi connectivity index (χ3v) is 2.20. The van der Waals surface area contributed by atoms with Gasteiger partial charge < -0.3 is 15.7 Å². The molecule has 0 radical (unpaired) electrons. The van der Waals surface area contributed by atoms with E-state index in [2.05, 4.69) is 0 Å². The average Bonchev–Trinajstić information content (AvgIpc) is 2.24. The van der Waals surface area contributed by atoms with Crippen molar-refractivity contribution in [2.24, 2.45) is 5.73 Å². The molecule has 0 unspecified atom stereocenters. The van der Waals surface area contributed by atoms with E-state index in [0.29, 0.717) is 0 Å². The molecule has 92 valence electrons. The molecule has 6 heteroatoms. The largest absolute Gasteiger partial charge is 0.508 e. The van der Waals surface area contributed by atoms with Gasteiger partial charge in [0.05, 0.1) is 12.1 Å². The van der Waals surface area contributed by atoms with Crippen molar-refractivity contribution in [2.45, 2.75) is 6.92 Å². The summed E-state index contributed by atoms with van der Waals surface area (Å²) in [6.07, 6.45) is 0. The summed E-state index contributed by atoms with van der Waals surface area (Å²) in [6.45, 7) is 1.62. The van der Waals surface area contributed by atoms with Crippen LogP contribution in [0.2, 0.25) is 0 Å². The number of nitrogens with two attached hydrogens (primary N) is 1. The molecule has 17 heavy (non-hydrogen) atoms. The zero-order valence-electron chi connectivity index (χ0n) is 9.31. The highest BCUT2D eigenvalue weighted by molar-refractivity contribution is 5.96. The molecule has 2 amide bonds. The number of hydrogen-bond acceptors (Lipinski definition) is 3. The van der Waals surface area contributed by atoms with Gasteiger partial charge in [0.1, 0.15) is 11.6 Å². The molecular formula is C11H13FN2O3. The molecule has 1 aromatic carbocycles. The highest BCUT2D eigenvalue weighted by Crippen LogP contribution is 2.16. The fraction of sp³-hybridized carbons (Fsp3) is 0.273. The third kappa shape index (κ3) is 3.17. The monoisotopic (exact) mass is 240 g/mol. The Bertz CT molecular complexity index is 448. The number of halogens is 1. The maximum Gasteiger partial charge on any atom is 0.257 e. The lowest BCUT2D eigenvalue weighted by Gasteiger charge is -2.19. The maximum absolute atomic E-state index is 13.4. The lowest BCUT2D eigenvalue weighted by molar-refractivity contribution is -0.118. The number of likely N-dealkylation sites (N-methyl/N-ethyl adjacent to an activating group) is 1. The second kappa shape index (κ2) is 5.29. The number of phenolic OH excluding ortho intramolecular Hbond substituents is 1. The molecule has 3 N–H and O–H groups in total. The number of amides is 2. The van der Waals surface area contributed by atoms with Gasteiger partial charge in [-0.15, -0.1) is 0 Å². The van der Waals surface area contributed by atoms with Gasteiger partial charge in [0.2, 0.25) is 5.91 Å². The van der Waals surface area contributed by atoms with Crippen LogP contribution in [-0.2, 0) is 4.79 Å². The molecule has 0 atom stereocenters. The first kappa shape index (κ1) is 13.0. The first-order chi connectivity index (χ1) is 7.95. The number of hydrogen-bond donors (Lipinski definition) is 2. The molecule has 0 aromatic heterocycles. The number of carbonyl (C=O) groups excluding carboxylic acids is 2. The van der Waals surface area contributed by atoms with Crippen LogP contribution in [0.1, 0.15) is 17.3 Å². The van der Waals surface area contributed by atoms with E-state index in [4.69, 9.17) is 10.8 Å². The van der Waals surface area contributed by atoms with Crippen LogP contribution in [0.15, 0.2) is 18.2 Å². The number of carbonyl (C=O) groups is 2. The van der Waals surface area contributed by atoms with Crippen LogP contribution in [0, 0.1) is 5.82 Å². The van der Waals surface area contributed by atoms with Crippen LogP contribution in [0.4, 0.5) is 4.39 Å². The minimum absolute atomic E-state index is 0.203. The molecule has 5 nitrogen and oxygen atoms in total. The van der Waals surface area contributed by atoms with E-state index in [1.165, 1.54) is 6.07 Å². The molecule has 0 aliphatic rings. The minimum Gasteiger partial charge on any atom is -0.508 e. The topological polar surface area (TPSA) is 83.6 Å². The highest BCUT2D eigenvalue weighted by Gasteiger charge is 2.19. The Hall–Kier alpha value is -2.11. The van der Waals surface area contributed by atoms with E-state index in [-0.39, 0.29) is 24.4 Å². The summed E-state index contributed by atoms with van der Waals surface area (Å²) in [4.78, 5) is 23.7. The number of primary amides is 1. The maximum atomic E-state index is 13.4. The summed E-state index contributed by atoms with van der Waals surface area (Å²) in [5.74, 6) is -2.40. The molecule has 0 bridgehead atoms. The second-order valence-electron chi connectivity index (χ2n) is 3.45. The number of benzene rings is 1. The van der Waals surface area contributed by atoms with Crippen LogP contribution < -0.4 is 5.73 Å². The van der Waals surface area contributed by atoms with Gasteiger partial charge in [0, 0.05) is 12.6 Å². The zero-order valence-corrected chi connectivity index (χ0v) is 9.31. The van der Waals surface area contributed by atoms with E-state index < -0.39 is 17.6 Å². The van der Waals surface area contributed by atoms with Gasteiger partial charge in [-0.1, -0.05) is 0 Å². The van der Waals surface area contributed by atoms with Gasteiger partial charge in [-0.25, -0.2) is 4.39 Å². The van der Waals surface area contributed by atoms with Crippen molar-refractivity contribution in [3.63, 3.8) is 0 Å². The van der Waals surface area contributed by atoms with Crippen molar-refractivity contribution in [1.29, 1.82) is 0 Å². The van der Waals surface area contributed by atoms with E-state index >= 15 is 0 Å². The molecule has 0 fully saturated rings. The number of nitrogens with zero attached hydrogens (tertiary/aromatic N) is 1. The smallest absolute Gasteiger partial charge is 0.257 e. The molecule has 1 rings (SSSR count). The van der Waals surface area contributed by atoms with Gasteiger partial charge in [0.15, 0.2) is 0 Å². The first-order valence-corrected chi connectivity index (χ1v) is 5.01. The summed E-state index contributed by atoms with van der Waals surface area (Å²) in [6, 6.07) is 3.20. The van der Waals surface area contributed by atoms with Crippen LogP contribution in [0.25, 0.3) is 0 Å². The van der Waals surface area contributed by atoms with Crippen molar-refractivity contribution in [3.05, 3.63) is 29.6 Å². The molecular weight excluding hydrogens is 227 g/mol. The van der Waals surface area contributed by atoms with E-state index in [1.54, 1.807) is 6.92 Å². The van der Waals surface area contributed by atoms with E-state index in [1.807, 2.05) is 0 Å². The van der Waals surface area contributed by atoms with Crippen LogP contribution in [0.3, 0.4) is 0 Å². The Balaban J connectivity index is 2.97. The Kier molecular flexibility index (Phi) is 4.03. The van der Waals surface area contributed by atoms with Gasteiger partial charge in [-0.05, 0) is 19.1 Å². The Morgan fingerprint density at radius 2 is 2.12 bits per heavy atom. The quantitative estimate of drug-likeness (QED) is 0.802. The van der Waals surface area contributed by atoms with Crippen molar-refractivity contribution in [2.75, 3.05) is 13.1 Å². The zero-order chi connectivity index (χ0) is 13.0. The summed E-state index contributed by atoms with van der Waals surface area (Å²) in [5.41, 5.74) is 4.78. The number of phenols is 1. The lowest BCUT2D eigenvalue weighted by Crippen LogP contribution is -2.38. The Morgan fingerprint density at radius 3 is 2.59 bits per heavy atom. The first-order valence-electron chi connectivity index (χ1n) is 5.01. The molecule has 1 aromatic rings. The average molecular weight is 240 g/mol. The van der Waals surface area contributed by atoms with Crippen LogP contribution in [0.5, 0.6) is 5.75 Å². The van der Waals surface area contributed by atoms with Crippen molar-refractivity contribution in [1.82, 2.24) is 4.90 Å². The molecule has 0 saturated heterocycles. The van der Waals surface area contributed by atoms with Gasteiger partial charge >= 0.3 is 0 Å². The SMILES string of the molecule is CCN(CC(N)=O)C(=O)c1ccc(O)cc1F. The predicted molar refractivity (Wildman–Crippen MR) is 58.8 cm³/mol. The summed E-state index contributed by atoms with van der Waals surface area (Å²) >= 11 is 0. The van der Waals surface area contributed by atoms with Crippen LogP contribution in [-0.4, -0.2) is 34.9 Å². The molecule has 0 aliphatic carbocycles. The van der Waals surface area contributed by atoms with Crippen molar-refractivity contribution >= 4 is 11.8 Å². The number of aromatic hydroxyl groups is 1. The summed E-state index contributed by atoms with van der Waals surface area (Å²) in [5, 5.41) is 9.02. The molecule has 0 saturated carbocycles. The van der Waals surface area contributed by atoms with Gasteiger partial charge in [0.25, 0.3) is 5.91 Å². The Labute approximate surface area is 97.6 Å². The van der Waals surface area contributed by atoms with Crippen LogP contribution >= 0.6 is 0 Å². The fourth-order valence-electron chi connectivity index (χ4n) is 1.36. The molecule has 0 spiro atoms. The standard InChI is InChI=1S/C11H13FN2O3/c1-2-14(6-10(13)16)11(17)8-4-3-7(15)5-9(8)12/h3-5,15H,2,6H2,1H3,(H2,13,16). The minimum atomic E-state index is -0.835. The normalized spacial score (nSPS) is 10.0. The summed E-state index contributed by atoms with van der Waals surface area (Å²) in [7, 11) is 0. The predicted octanol–water partition coefficient (Wildman–Crippen LogP) is 0.479. The summed E-state index contributed by atoms with van der Waals surface area (Å²) < 4.78 is 13.4. The van der Waals surface area contributed by atoms with E-state index in [0.717, 1.165) is 17.0 Å². The molecule has 0 heterocycles.